The number of hydrogen-bond donors (Lipinski definition) is 0. The second kappa shape index (κ2) is 8.75. The van der Waals surface area contributed by atoms with Crippen LogP contribution >= 0.6 is 22.1 Å². The first-order valence-electron chi connectivity index (χ1n) is 9.84. The number of rotatable bonds is 5. The molecule has 0 aliphatic heterocycles. The quantitative estimate of drug-likeness (QED) is 0.328. The van der Waals surface area contributed by atoms with E-state index >= 15 is 0 Å². The average molecular weight is 435 g/mol. The van der Waals surface area contributed by atoms with Gasteiger partial charge >= 0.3 is 0 Å². The van der Waals surface area contributed by atoms with E-state index in [-0.39, 0.29) is 22.1 Å². The van der Waals surface area contributed by atoms with E-state index in [9.17, 15) is 0 Å². The van der Waals surface area contributed by atoms with Crippen LogP contribution in [0.4, 0.5) is 0 Å². The van der Waals surface area contributed by atoms with Gasteiger partial charge in [0.15, 0.2) is 0 Å². The van der Waals surface area contributed by atoms with Crippen LogP contribution in [0.15, 0.2) is 60.7 Å². The predicted molar refractivity (Wildman–Crippen MR) is 136 cm³/mol. The van der Waals surface area contributed by atoms with Crippen molar-refractivity contribution in [3.05, 3.63) is 60.7 Å². The molecule has 0 spiro atoms. The third kappa shape index (κ3) is 5.96. The first-order valence-corrected chi connectivity index (χ1v) is 19.6. The maximum Gasteiger partial charge on any atom is 0.0832 e. The van der Waals surface area contributed by atoms with E-state index in [4.69, 9.17) is 0 Å². The van der Waals surface area contributed by atoms with Crippen molar-refractivity contribution in [2.45, 2.75) is 71.5 Å². The largest absolute Gasteiger partial charge is 0.0832 e. The molecule has 0 nitrogen and oxygen atoms in total. The Kier molecular flexibility index (Phi) is 7.53. The third-order valence-corrected chi connectivity index (χ3v) is 38.8. The second-order valence-electron chi connectivity index (χ2n) is 10.1. The van der Waals surface area contributed by atoms with Gasteiger partial charge in [-0.05, 0) is 28.5 Å². The van der Waals surface area contributed by atoms with Gasteiger partial charge in [-0.15, -0.1) is 0 Å². The van der Waals surface area contributed by atoms with Gasteiger partial charge in [-0.1, -0.05) is 136 Å². The van der Waals surface area contributed by atoms with Crippen molar-refractivity contribution < 1.29 is 0 Å². The van der Waals surface area contributed by atoms with E-state index in [1.807, 2.05) is 0 Å². The highest BCUT2D eigenvalue weighted by Crippen LogP contribution is 2.94. The van der Waals surface area contributed by atoms with Crippen molar-refractivity contribution >= 4 is 40.4 Å². The van der Waals surface area contributed by atoms with Gasteiger partial charge in [0.2, 0.25) is 0 Å². The third-order valence-electron chi connectivity index (χ3n) is 4.25. The molecule has 148 valence electrons. The Morgan fingerprint density at radius 2 is 0.926 bits per heavy atom. The van der Waals surface area contributed by atoms with Crippen LogP contribution < -0.4 is 10.6 Å². The maximum absolute atomic E-state index is 2.63. The minimum atomic E-state index is -1.38. The highest BCUT2D eigenvalue weighted by molar-refractivity contribution is 8.74. The van der Waals surface area contributed by atoms with Gasteiger partial charge in [-0.2, -0.15) is 0 Å². The van der Waals surface area contributed by atoms with Gasteiger partial charge in [-0.3, -0.25) is 0 Å². The van der Waals surface area contributed by atoms with Crippen molar-refractivity contribution in [2.24, 2.45) is 0 Å². The highest BCUT2D eigenvalue weighted by atomic mass is 32.6. The molecule has 0 fully saturated rings. The Morgan fingerprint density at radius 3 is 1.19 bits per heavy atom. The van der Waals surface area contributed by atoms with Crippen LogP contribution in [0.2, 0.25) is 19.6 Å². The molecule has 0 heterocycles. The molecule has 1 atom stereocenters. The maximum atomic E-state index is 2.63. The zero-order valence-corrected chi connectivity index (χ0v) is 22.3. The van der Waals surface area contributed by atoms with E-state index in [0.717, 1.165) is 0 Å². The van der Waals surface area contributed by atoms with Crippen molar-refractivity contribution in [2.75, 3.05) is 0 Å². The summed E-state index contributed by atoms with van der Waals surface area (Å²) in [5.74, 6) is 0. The van der Waals surface area contributed by atoms with Crippen molar-refractivity contribution in [1.82, 2.24) is 0 Å². The fourth-order valence-electron chi connectivity index (χ4n) is 3.77. The molecule has 0 N–H and O–H groups in total. The molecule has 0 aliphatic carbocycles. The topological polar surface area (TPSA) is 0 Å². The van der Waals surface area contributed by atoms with Crippen molar-refractivity contribution in [1.29, 1.82) is 0 Å². The average Bonchev–Trinajstić information content (AvgIpc) is 2.53. The van der Waals surface area contributed by atoms with E-state index in [1.54, 1.807) is 10.6 Å². The minimum Gasteiger partial charge on any atom is -0.0690 e. The Bertz CT molecular complexity index is 656. The molecule has 2 aromatic rings. The highest BCUT2D eigenvalue weighted by Gasteiger charge is 2.48. The van der Waals surface area contributed by atoms with Gasteiger partial charge in [0.25, 0.3) is 0 Å². The fraction of sp³-hybridized carbons (Fsp3) is 0.478. The Hall–Kier alpha value is -0.0531. The standard InChI is InChI=1S/C23H37P3Si/c1-22(2,3)25(23(4,5)6)26(27(7,8)9)24(20-16-12-10-13-17-20)21-18-14-11-15-19-21/h10-19H,1-9H3. The summed E-state index contributed by atoms with van der Waals surface area (Å²) in [5, 5.41) is 3.88. The summed E-state index contributed by atoms with van der Waals surface area (Å²) in [6.07, 6.45) is 0. The summed E-state index contributed by atoms with van der Waals surface area (Å²) < 4.78 is 0. The Morgan fingerprint density at radius 1 is 0.593 bits per heavy atom. The lowest BCUT2D eigenvalue weighted by atomic mass is 10.2. The number of benzene rings is 2. The van der Waals surface area contributed by atoms with Gasteiger partial charge in [-0.25, -0.2) is 0 Å². The Balaban J connectivity index is 2.76. The molecule has 2 aromatic carbocycles. The summed E-state index contributed by atoms with van der Waals surface area (Å²) in [6.45, 7) is 22.8. The molecule has 2 rings (SSSR count). The van der Waals surface area contributed by atoms with Gasteiger partial charge in [0.1, 0.15) is 0 Å². The van der Waals surface area contributed by atoms with Crippen LogP contribution in [0.25, 0.3) is 0 Å². The summed E-state index contributed by atoms with van der Waals surface area (Å²) in [5.41, 5.74) is 0. The summed E-state index contributed by atoms with van der Waals surface area (Å²) in [4.78, 5) is 0. The fourth-order valence-corrected chi connectivity index (χ4v) is 46.2. The Labute approximate surface area is 172 Å². The van der Waals surface area contributed by atoms with E-state index in [0.29, 0.717) is 10.3 Å². The SMILES string of the molecule is CC(C)(C)P(P(P(c1ccccc1)c1ccccc1)[Si](C)(C)C)C(C)(C)C. The normalized spacial score (nSPS) is 14.6. The first kappa shape index (κ1) is 23.2. The zero-order chi connectivity index (χ0) is 20.5. The van der Waals surface area contributed by atoms with Crippen LogP contribution in [0.3, 0.4) is 0 Å². The lowest BCUT2D eigenvalue weighted by molar-refractivity contribution is 0.720. The van der Waals surface area contributed by atoms with Gasteiger partial charge < -0.3 is 0 Å². The van der Waals surface area contributed by atoms with E-state index < -0.39 is 7.74 Å². The van der Waals surface area contributed by atoms with E-state index in [1.165, 1.54) is 0 Å². The molecule has 0 saturated carbocycles. The molecule has 0 radical (unpaired) electrons. The molecule has 27 heavy (non-hydrogen) atoms. The summed E-state index contributed by atoms with van der Waals surface area (Å²) >= 11 is 0. The molecule has 0 aliphatic rings. The zero-order valence-electron chi connectivity index (χ0n) is 18.6. The van der Waals surface area contributed by atoms with Crippen molar-refractivity contribution in [3.63, 3.8) is 0 Å². The summed E-state index contributed by atoms with van der Waals surface area (Å²) in [6, 6.07) is 22.9. The minimum absolute atomic E-state index is 0.0887. The smallest absolute Gasteiger partial charge is 0.0690 e. The lowest BCUT2D eigenvalue weighted by Crippen LogP contribution is -2.31. The predicted octanol–water partition coefficient (Wildman–Crippen LogP) is 8.35. The number of hydrogen-bond acceptors (Lipinski definition) is 0. The van der Waals surface area contributed by atoms with E-state index in [2.05, 4.69) is 122 Å². The van der Waals surface area contributed by atoms with Crippen LogP contribution in [-0.2, 0) is 0 Å². The monoisotopic (exact) mass is 434 g/mol. The summed E-state index contributed by atoms with van der Waals surface area (Å²) in [7, 11) is -1.82. The second-order valence-corrected chi connectivity index (χ2v) is 33.4. The first-order chi connectivity index (χ1) is 12.3. The molecular formula is C23H37P3Si. The lowest BCUT2D eigenvalue weighted by Gasteiger charge is -2.53. The molecule has 1 unspecified atom stereocenters. The van der Waals surface area contributed by atoms with Gasteiger partial charge in [0.05, 0.1) is 7.74 Å². The molecule has 4 heteroatoms. The van der Waals surface area contributed by atoms with Gasteiger partial charge in [0, 0.05) is 0 Å². The van der Waals surface area contributed by atoms with Crippen molar-refractivity contribution in [3.8, 4) is 0 Å². The van der Waals surface area contributed by atoms with Crippen LogP contribution in [0, 0.1) is 0 Å². The molecular weight excluding hydrogens is 397 g/mol. The molecule has 0 saturated heterocycles. The molecule has 0 bridgehead atoms. The van der Waals surface area contributed by atoms with Crippen LogP contribution in [0.1, 0.15) is 41.5 Å². The van der Waals surface area contributed by atoms with Crippen LogP contribution in [0.5, 0.6) is 0 Å². The molecule has 0 amide bonds. The van der Waals surface area contributed by atoms with Crippen LogP contribution in [-0.4, -0.2) is 18.1 Å². The molecule has 0 aromatic heterocycles.